The fraction of sp³-hybridized carbons (Fsp3) is 0.625. The lowest BCUT2D eigenvalue weighted by Crippen LogP contribution is -2.56. The second-order valence-electron chi connectivity index (χ2n) is 5.98. The van der Waals surface area contributed by atoms with E-state index in [2.05, 4.69) is 17.1 Å². The van der Waals surface area contributed by atoms with Gasteiger partial charge in [0.05, 0.1) is 0 Å². The van der Waals surface area contributed by atoms with Gasteiger partial charge in [-0.05, 0) is 42.9 Å². The minimum atomic E-state index is -0.123. The molecule has 1 aliphatic carbocycles. The van der Waals surface area contributed by atoms with Gasteiger partial charge in [-0.2, -0.15) is 0 Å². The number of rotatable bonds is 4. The molecule has 1 heterocycles. The van der Waals surface area contributed by atoms with Crippen LogP contribution in [-0.2, 0) is 6.54 Å². The molecule has 0 spiro atoms. The van der Waals surface area contributed by atoms with E-state index in [1.807, 2.05) is 12.1 Å². The lowest BCUT2D eigenvalue weighted by molar-refractivity contribution is 0.106. The van der Waals surface area contributed by atoms with Gasteiger partial charge in [0.15, 0.2) is 0 Å². The van der Waals surface area contributed by atoms with Crippen LogP contribution in [-0.4, -0.2) is 30.1 Å². The molecule has 1 N–H and O–H groups in total. The summed E-state index contributed by atoms with van der Waals surface area (Å²) in [6.07, 6.45) is 3.89. The van der Waals surface area contributed by atoms with Crippen molar-refractivity contribution in [1.82, 2.24) is 10.2 Å². The van der Waals surface area contributed by atoms with Gasteiger partial charge >= 0.3 is 0 Å². The number of halogens is 1. The fourth-order valence-electron chi connectivity index (χ4n) is 3.17. The van der Waals surface area contributed by atoms with E-state index in [-0.39, 0.29) is 5.82 Å². The molecule has 2 nitrogen and oxygen atoms in total. The molecule has 2 fully saturated rings. The summed E-state index contributed by atoms with van der Waals surface area (Å²) in [7, 11) is 0. The van der Waals surface area contributed by atoms with E-state index < -0.39 is 0 Å². The maximum Gasteiger partial charge on any atom is 0.123 e. The van der Waals surface area contributed by atoms with Crippen LogP contribution in [0, 0.1) is 11.7 Å². The first-order valence-electron chi connectivity index (χ1n) is 7.48. The molecule has 0 amide bonds. The summed E-state index contributed by atoms with van der Waals surface area (Å²) < 4.78 is 13.3. The van der Waals surface area contributed by atoms with Gasteiger partial charge < -0.3 is 5.32 Å². The highest BCUT2D eigenvalue weighted by Gasteiger charge is 2.38. The lowest BCUT2D eigenvalue weighted by atomic mass is 10.0. The standard InChI is InChI=1S/C16H23FN2/c1-2-15-11-19(16(9-18-15)13-6-7-13)10-12-4-3-5-14(17)8-12/h3-5,8,13,15-16,18H,2,6-7,9-11H2,1H3. The van der Waals surface area contributed by atoms with Crippen molar-refractivity contribution in [2.75, 3.05) is 13.1 Å². The Kier molecular flexibility index (Phi) is 3.85. The molecule has 0 radical (unpaired) electrons. The molecule has 0 aromatic heterocycles. The summed E-state index contributed by atoms with van der Waals surface area (Å²) in [5.41, 5.74) is 1.10. The Morgan fingerprint density at radius 1 is 1.37 bits per heavy atom. The number of hydrogen-bond donors (Lipinski definition) is 1. The van der Waals surface area contributed by atoms with Crippen LogP contribution in [0.5, 0.6) is 0 Å². The smallest absolute Gasteiger partial charge is 0.123 e. The zero-order valence-corrected chi connectivity index (χ0v) is 11.6. The maximum absolute atomic E-state index is 13.3. The van der Waals surface area contributed by atoms with Gasteiger partial charge in [-0.1, -0.05) is 19.1 Å². The van der Waals surface area contributed by atoms with E-state index in [4.69, 9.17) is 0 Å². The third kappa shape index (κ3) is 3.15. The van der Waals surface area contributed by atoms with E-state index >= 15 is 0 Å². The molecule has 19 heavy (non-hydrogen) atoms. The largest absolute Gasteiger partial charge is 0.311 e. The lowest BCUT2D eigenvalue weighted by Gasteiger charge is -2.40. The summed E-state index contributed by atoms with van der Waals surface area (Å²) in [6, 6.07) is 8.28. The van der Waals surface area contributed by atoms with E-state index in [1.54, 1.807) is 6.07 Å². The molecule has 0 bridgehead atoms. The highest BCUT2D eigenvalue weighted by atomic mass is 19.1. The minimum absolute atomic E-state index is 0.123. The van der Waals surface area contributed by atoms with Crippen LogP contribution >= 0.6 is 0 Å². The first-order valence-corrected chi connectivity index (χ1v) is 7.48. The summed E-state index contributed by atoms with van der Waals surface area (Å²) in [6.45, 7) is 5.30. The predicted octanol–water partition coefficient (Wildman–Crippen LogP) is 2.79. The maximum atomic E-state index is 13.3. The van der Waals surface area contributed by atoms with Crippen molar-refractivity contribution in [3.63, 3.8) is 0 Å². The third-order valence-corrected chi connectivity index (χ3v) is 4.47. The first-order chi connectivity index (χ1) is 9.26. The van der Waals surface area contributed by atoms with Crippen molar-refractivity contribution in [2.24, 2.45) is 5.92 Å². The van der Waals surface area contributed by atoms with Crippen molar-refractivity contribution in [2.45, 2.75) is 44.8 Å². The topological polar surface area (TPSA) is 15.3 Å². The normalized spacial score (nSPS) is 28.5. The quantitative estimate of drug-likeness (QED) is 0.897. The van der Waals surface area contributed by atoms with Crippen LogP contribution in [0.25, 0.3) is 0 Å². The summed E-state index contributed by atoms with van der Waals surface area (Å²) >= 11 is 0. The molecule has 3 heteroatoms. The molecule has 104 valence electrons. The number of hydrogen-bond acceptors (Lipinski definition) is 2. The van der Waals surface area contributed by atoms with Gasteiger partial charge in [0, 0.05) is 31.7 Å². The number of nitrogens with zero attached hydrogens (tertiary/aromatic N) is 1. The number of nitrogens with one attached hydrogen (secondary N) is 1. The Morgan fingerprint density at radius 2 is 2.21 bits per heavy atom. The van der Waals surface area contributed by atoms with Gasteiger partial charge in [0.25, 0.3) is 0 Å². The van der Waals surface area contributed by atoms with Crippen molar-refractivity contribution in [3.05, 3.63) is 35.6 Å². The van der Waals surface area contributed by atoms with Crippen molar-refractivity contribution in [3.8, 4) is 0 Å². The van der Waals surface area contributed by atoms with Gasteiger partial charge in [0.1, 0.15) is 5.82 Å². The molecule has 2 atom stereocenters. The van der Waals surface area contributed by atoms with Crippen LogP contribution in [0.2, 0.25) is 0 Å². The van der Waals surface area contributed by atoms with Crippen molar-refractivity contribution < 1.29 is 4.39 Å². The van der Waals surface area contributed by atoms with Gasteiger partial charge in [0.2, 0.25) is 0 Å². The minimum Gasteiger partial charge on any atom is -0.311 e. The average Bonchev–Trinajstić information content (AvgIpc) is 3.23. The molecule has 3 rings (SSSR count). The van der Waals surface area contributed by atoms with Gasteiger partial charge in [-0.3, -0.25) is 4.90 Å². The molecule has 2 aliphatic rings. The van der Waals surface area contributed by atoms with Crippen molar-refractivity contribution in [1.29, 1.82) is 0 Å². The molecule has 1 aliphatic heterocycles. The number of benzene rings is 1. The monoisotopic (exact) mass is 262 g/mol. The van der Waals surface area contributed by atoms with Crippen LogP contribution in [0.1, 0.15) is 31.7 Å². The highest BCUT2D eigenvalue weighted by molar-refractivity contribution is 5.16. The Bertz CT molecular complexity index is 431. The zero-order valence-electron chi connectivity index (χ0n) is 11.6. The molecule has 1 aromatic carbocycles. The first kappa shape index (κ1) is 13.1. The molecular formula is C16H23FN2. The molecule has 1 aromatic rings. The fourth-order valence-corrected chi connectivity index (χ4v) is 3.17. The van der Waals surface area contributed by atoms with Gasteiger partial charge in [-0.15, -0.1) is 0 Å². The Labute approximate surface area is 115 Å². The second kappa shape index (κ2) is 5.59. The summed E-state index contributed by atoms with van der Waals surface area (Å²) in [4.78, 5) is 2.57. The van der Waals surface area contributed by atoms with E-state index in [9.17, 15) is 4.39 Å². The van der Waals surface area contributed by atoms with Crippen molar-refractivity contribution >= 4 is 0 Å². The molecule has 2 unspecified atom stereocenters. The van der Waals surface area contributed by atoms with E-state index in [1.165, 1.54) is 18.9 Å². The molecular weight excluding hydrogens is 239 g/mol. The second-order valence-corrected chi connectivity index (χ2v) is 5.98. The Hall–Kier alpha value is -0.930. The predicted molar refractivity (Wildman–Crippen MR) is 75.4 cm³/mol. The van der Waals surface area contributed by atoms with E-state index in [0.717, 1.165) is 37.5 Å². The van der Waals surface area contributed by atoms with Crippen LogP contribution in [0.3, 0.4) is 0 Å². The average molecular weight is 262 g/mol. The zero-order chi connectivity index (χ0) is 13.2. The third-order valence-electron chi connectivity index (χ3n) is 4.47. The number of piperazine rings is 1. The molecule has 1 saturated carbocycles. The van der Waals surface area contributed by atoms with Crippen LogP contribution < -0.4 is 5.32 Å². The molecule has 1 saturated heterocycles. The van der Waals surface area contributed by atoms with Crippen LogP contribution in [0.15, 0.2) is 24.3 Å². The summed E-state index contributed by atoms with van der Waals surface area (Å²) in [5.74, 6) is 0.738. The summed E-state index contributed by atoms with van der Waals surface area (Å²) in [5, 5.41) is 3.65. The van der Waals surface area contributed by atoms with Crippen LogP contribution in [0.4, 0.5) is 4.39 Å². The SMILES string of the molecule is CCC1CN(Cc2cccc(F)c2)C(C2CC2)CN1. The van der Waals surface area contributed by atoms with E-state index in [0.29, 0.717) is 12.1 Å². The highest BCUT2D eigenvalue weighted by Crippen LogP contribution is 2.36. The Morgan fingerprint density at radius 3 is 2.89 bits per heavy atom. The van der Waals surface area contributed by atoms with Gasteiger partial charge in [-0.25, -0.2) is 4.39 Å². The Balaban J connectivity index is 1.71.